The van der Waals surface area contributed by atoms with E-state index in [2.05, 4.69) is 110 Å². The highest BCUT2D eigenvalue weighted by atomic mass is 16.5. The number of nitrogens with zero attached hydrogens (tertiary/aromatic N) is 2. The Hall–Kier alpha value is -3.07. The van der Waals surface area contributed by atoms with E-state index < -0.39 is 0 Å². The molecule has 3 heteroatoms. The number of benzene rings is 2. The largest absolute Gasteiger partial charge is 0.494 e. The molecule has 1 aliphatic rings. The first-order chi connectivity index (χ1) is 14.5. The smallest absolute Gasteiger partial charge is 0.213 e. The van der Waals surface area contributed by atoms with Crippen molar-refractivity contribution < 1.29 is 9.30 Å². The van der Waals surface area contributed by atoms with Crippen LogP contribution < -0.4 is 14.2 Å². The minimum Gasteiger partial charge on any atom is -0.494 e. The Morgan fingerprint density at radius 2 is 1.83 bits per heavy atom. The molecular formula is C27H31N2O+. The molecule has 154 valence electrons. The van der Waals surface area contributed by atoms with E-state index in [1.54, 1.807) is 0 Å². The number of allylic oxidation sites excluding steroid dienone is 3. The van der Waals surface area contributed by atoms with Crippen LogP contribution in [0.3, 0.4) is 0 Å². The number of pyridine rings is 1. The molecule has 0 N–H and O–H groups in total. The van der Waals surface area contributed by atoms with Crippen LogP contribution >= 0.6 is 0 Å². The van der Waals surface area contributed by atoms with Gasteiger partial charge >= 0.3 is 0 Å². The van der Waals surface area contributed by atoms with E-state index in [1.165, 1.54) is 33.5 Å². The van der Waals surface area contributed by atoms with Crippen LogP contribution in [0.2, 0.25) is 0 Å². The average molecular weight is 400 g/mol. The zero-order chi connectivity index (χ0) is 21.3. The summed E-state index contributed by atoms with van der Waals surface area (Å²) in [5.41, 5.74) is 6.40. The van der Waals surface area contributed by atoms with Crippen molar-refractivity contribution in [3.05, 3.63) is 83.7 Å². The molecule has 1 aromatic heterocycles. The van der Waals surface area contributed by atoms with E-state index >= 15 is 0 Å². The summed E-state index contributed by atoms with van der Waals surface area (Å²) in [5, 5.41) is 1.20. The third kappa shape index (κ3) is 3.39. The van der Waals surface area contributed by atoms with Gasteiger partial charge in [-0.1, -0.05) is 38.1 Å². The maximum Gasteiger partial charge on any atom is 0.213 e. The molecule has 0 saturated heterocycles. The van der Waals surface area contributed by atoms with Crippen LogP contribution in [0.5, 0.6) is 5.75 Å². The third-order valence-corrected chi connectivity index (χ3v) is 6.12. The van der Waals surface area contributed by atoms with Crippen LogP contribution in [0.1, 0.15) is 39.0 Å². The van der Waals surface area contributed by atoms with Crippen LogP contribution in [0, 0.1) is 0 Å². The van der Waals surface area contributed by atoms with Gasteiger partial charge in [-0.3, -0.25) is 0 Å². The Kier molecular flexibility index (Phi) is 5.38. The van der Waals surface area contributed by atoms with Gasteiger partial charge in [-0.15, -0.1) is 0 Å². The summed E-state index contributed by atoms with van der Waals surface area (Å²) < 4.78 is 8.01. The van der Waals surface area contributed by atoms with E-state index in [1.807, 2.05) is 6.92 Å². The second-order valence-corrected chi connectivity index (χ2v) is 8.27. The van der Waals surface area contributed by atoms with Crippen LogP contribution in [-0.2, 0) is 12.0 Å². The first-order valence-corrected chi connectivity index (χ1v) is 10.8. The lowest BCUT2D eigenvalue weighted by atomic mass is 9.84. The summed E-state index contributed by atoms with van der Waals surface area (Å²) in [6.45, 7) is 10.4. The number of aryl methyl sites for hydroxylation is 1. The lowest BCUT2D eigenvalue weighted by molar-refractivity contribution is -0.669. The standard InChI is InChI=1S/C27H31N2O/c1-6-29-21(16-15-20-19-22(30-7-2)17-18-24(20)29)11-10-14-26-27(3,4)23-12-8-9-13-25(23)28(26)5/h8-19H,6-7H2,1-5H3/q+1. The number of aromatic nitrogens is 1. The van der Waals surface area contributed by atoms with Gasteiger partial charge in [0.25, 0.3) is 0 Å². The molecule has 0 unspecified atom stereocenters. The predicted molar refractivity (Wildman–Crippen MR) is 126 cm³/mol. The number of hydrogen-bond acceptors (Lipinski definition) is 2. The zero-order valence-electron chi connectivity index (χ0n) is 18.6. The highest BCUT2D eigenvalue weighted by Gasteiger charge is 2.37. The van der Waals surface area contributed by atoms with E-state index in [4.69, 9.17) is 4.74 Å². The number of anilines is 1. The Bertz CT molecular complexity index is 1140. The van der Waals surface area contributed by atoms with Crippen molar-refractivity contribution in [1.82, 2.24) is 0 Å². The Morgan fingerprint density at radius 3 is 2.57 bits per heavy atom. The van der Waals surface area contributed by atoms with Gasteiger partial charge in [0, 0.05) is 42.1 Å². The summed E-state index contributed by atoms with van der Waals surface area (Å²) >= 11 is 0. The molecule has 1 aliphatic heterocycles. The summed E-state index contributed by atoms with van der Waals surface area (Å²) in [7, 11) is 2.16. The fraction of sp³-hybridized carbons (Fsp3) is 0.296. The minimum absolute atomic E-state index is 0.00449. The topological polar surface area (TPSA) is 16.4 Å². The van der Waals surface area contributed by atoms with Crippen molar-refractivity contribution in [1.29, 1.82) is 0 Å². The van der Waals surface area contributed by atoms with Gasteiger partial charge < -0.3 is 9.64 Å². The molecule has 0 fully saturated rings. The molecule has 3 nitrogen and oxygen atoms in total. The van der Waals surface area contributed by atoms with Gasteiger partial charge in [-0.05, 0) is 49.8 Å². The van der Waals surface area contributed by atoms with Gasteiger partial charge in [0.1, 0.15) is 12.3 Å². The number of ether oxygens (including phenoxy) is 1. The van der Waals surface area contributed by atoms with Crippen molar-refractivity contribution in [3.63, 3.8) is 0 Å². The Balaban J connectivity index is 1.68. The highest BCUT2D eigenvalue weighted by molar-refractivity contribution is 5.78. The van der Waals surface area contributed by atoms with Crippen molar-refractivity contribution in [2.45, 2.75) is 39.7 Å². The van der Waals surface area contributed by atoms with E-state index in [0.717, 1.165) is 12.3 Å². The fourth-order valence-electron chi connectivity index (χ4n) is 4.61. The monoisotopic (exact) mass is 399 g/mol. The molecule has 0 amide bonds. The van der Waals surface area contributed by atoms with Crippen molar-refractivity contribution >= 4 is 22.7 Å². The molecule has 2 heterocycles. The molecule has 0 saturated carbocycles. The maximum absolute atomic E-state index is 5.66. The molecular weight excluding hydrogens is 368 g/mol. The molecule has 0 aliphatic carbocycles. The van der Waals surface area contributed by atoms with Gasteiger partial charge in [-0.25, -0.2) is 0 Å². The highest BCUT2D eigenvalue weighted by Crippen LogP contribution is 2.46. The molecule has 0 spiro atoms. The first-order valence-electron chi connectivity index (χ1n) is 10.8. The molecule has 2 aromatic carbocycles. The minimum atomic E-state index is -0.00449. The fourth-order valence-corrected chi connectivity index (χ4v) is 4.61. The number of hydrogen-bond donors (Lipinski definition) is 0. The van der Waals surface area contributed by atoms with Crippen molar-refractivity contribution in [2.75, 3.05) is 18.6 Å². The first kappa shape index (κ1) is 20.2. The lowest BCUT2D eigenvalue weighted by Crippen LogP contribution is -2.36. The molecule has 0 bridgehead atoms. The number of rotatable bonds is 5. The quantitative estimate of drug-likeness (QED) is 0.499. The molecule has 0 atom stereocenters. The van der Waals surface area contributed by atoms with Gasteiger partial charge in [0.15, 0.2) is 0 Å². The average Bonchev–Trinajstić information content (AvgIpc) is 2.94. The Morgan fingerprint density at radius 1 is 1.03 bits per heavy atom. The van der Waals surface area contributed by atoms with Crippen LogP contribution in [0.25, 0.3) is 17.0 Å². The molecule has 30 heavy (non-hydrogen) atoms. The SMILES string of the molecule is CCOc1ccc2c(ccc(C=CC=C3N(C)c4ccccc4C3(C)C)[n+]2CC)c1. The molecule has 0 radical (unpaired) electrons. The lowest BCUT2D eigenvalue weighted by Gasteiger charge is -2.23. The second-order valence-electron chi connectivity index (χ2n) is 8.27. The van der Waals surface area contributed by atoms with Gasteiger partial charge in [-0.2, -0.15) is 4.57 Å². The van der Waals surface area contributed by atoms with Crippen LogP contribution in [0.15, 0.2) is 72.4 Å². The normalized spacial score (nSPS) is 16.6. The van der Waals surface area contributed by atoms with E-state index in [0.29, 0.717) is 6.61 Å². The number of likely N-dealkylation sites (N-methyl/N-ethyl adjacent to an activating group) is 1. The van der Waals surface area contributed by atoms with Crippen LogP contribution in [-0.4, -0.2) is 13.7 Å². The van der Waals surface area contributed by atoms with Crippen molar-refractivity contribution in [3.8, 4) is 5.75 Å². The molecule has 4 rings (SSSR count). The van der Waals surface area contributed by atoms with E-state index in [-0.39, 0.29) is 5.41 Å². The number of fused-ring (bicyclic) bond motifs is 2. The summed E-state index contributed by atoms with van der Waals surface area (Å²) in [4.78, 5) is 2.31. The Labute approximate surface area is 179 Å². The zero-order valence-corrected chi connectivity index (χ0v) is 18.6. The predicted octanol–water partition coefficient (Wildman–Crippen LogP) is 5.87. The summed E-state index contributed by atoms with van der Waals surface area (Å²) in [5.74, 6) is 0.923. The van der Waals surface area contributed by atoms with Crippen LogP contribution in [0.4, 0.5) is 5.69 Å². The second kappa shape index (κ2) is 7.98. The molecule has 3 aromatic rings. The summed E-state index contributed by atoms with van der Waals surface area (Å²) in [6, 6.07) is 19.4. The third-order valence-electron chi connectivity index (χ3n) is 6.12. The van der Waals surface area contributed by atoms with E-state index in [9.17, 15) is 0 Å². The summed E-state index contributed by atoms with van der Waals surface area (Å²) in [6.07, 6.45) is 6.64. The van der Waals surface area contributed by atoms with Crippen molar-refractivity contribution in [2.24, 2.45) is 0 Å². The maximum atomic E-state index is 5.66. The van der Waals surface area contributed by atoms with Gasteiger partial charge in [0.2, 0.25) is 11.2 Å². The van der Waals surface area contributed by atoms with Gasteiger partial charge in [0.05, 0.1) is 12.0 Å². The number of para-hydroxylation sites is 1.